The molecule has 31 heavy (non-hydrogen) atoms. The quantitative estimate of drug-likeness (QED) is 0.338. The van der Waals surface area contributed by atoms with Crippen LogP contribution in [0.25, 0.3) is 21.8 Å². The van der Waals surface area contributed by atoms with E-state index in [0.29, 0.717) is 16.5 Å². The zero-order valence-corrected chi connectivity index (χ0v) is 17.6. The van der Waals surface area contributed by atoms with E-state index in [0.717, 1.165) is 44.6 Å². The number of H-pyrrole nitrogens is 1. The Kier molecular flexibility index (Phi) is 4.50. The van der Waals surface area contributed by atoms with Crippen molar-refractivity contribution in [2.24, 2.45) is 7.05 Å². The van der Waals surface area contributed by atoms with Crippen molar-refractivity contribution in [3.8, 4) is 6.07 Å². The summed E-state index contributed by atoms with van der Waals surface area (Å²) in [6, 6.07) is 17.5. The van der Waals surface area contributed by atoms with Crippen LogP contribution in [0.2, 0.25) is 5.02 Å². The second kappa shape index (κ2) is 7.35. The van der Waals surface area contributed by atoms with Crippen molar-refractivity contribution in [3.63, 3.8) is 0 Å². The van der Waals surface area contributed by atoms with Crippen LogP contribution in [0.5, 0.6) is 0 Å². The zero-order valence-electron chi connectivity index (χ0n) is 16.9. The maximum absolute atomic E-state index is 9.45. The highest BCUT2D eigenvalue weighted by atomic mass is 35.5. The van der Waals surface area contributed by atoms with Gasteiger partial charge in [-0.05, 0) is 49.4 Å². The third-order valence-corrected chi connectivity index (χ3v) is 5.47. The first-order valence-corrected chi connectivity index (χ1v) is 10.0. The number of pyridine rings is 1. The van der Waals surface area contributed by atoms with E-state index in [-0.39, 0.29) is 0 Å². The Morgan fingerprint density at radius 1 is 1.00 bits per heavy atom. The number of hydrogen-bond donors (Lipinski definition) is 3. The standard InChI is InChI=1S/C23H18ClN7/c1-13-19-8-14(3-4-22(19)31(2)30-13)27-15-7-17(12-25)29-23(11-15)28-16-9-20(24)18-5-6-26-21(18)10-16/h3-11,26H,1-2H3,(H2,27,28,29). The molecular weight excluding hydrogens is 410 g/mol. The highest BCUT2D eigenvalue weighted by Crippen LogP contribution is 2.30. The number of nitrogens with one attached hydrogen (secondary N) is 3. The molecule has 0 unspecified atom stereocenters. The maximum atomic E-state index is 9.45. The lowest BCUT2D eigenvalue weighted by Crippen LogP contribution is -1.99. The minimum Gasteiger partial charge on any atom is -0.361 e. The Balaban J connectivity index is 1.48. The third-order valence-electron chi connectivity index (χ3n) is 5.15. The van der Waals surface area contributed by atoms with E-state index in [1.807, 2.05) is 61.2 Å². The van der Waals surface area contributed by atoms with Crippen molar-refractivity contribution < 1.29 is 0 Å². The number of rotatable bonds is 4. The van der Waals surface area contributed by atoms with Crippen LogP contribution in [0.4, 0.5) is 22.9 Å². The fourth-order valence-electron chi connectivity index (χ4n) is 3.75. The molecule has 0 saturated carbocycles. The molecule has 152 valence electrons. The van der Waals surface area contributed by atoms with Gasteiger partial charge in [0.25, 0.3) is 0 Å². The highest BCUT2D eigenvalue weighted by molar-refractivity contribution is 6.35. The van der Waals surface area contributed by atoms with Crippen LogP contribution in [-0.4, -0.2) is 19.7 Å². The minimum atomic E-state index is 0.304. The number of anilines is 4. The Morgan fingerprint density at radius 2 is 1.84 bits per heavy atom. The predicted octanol–water partition coefficient (Wildman–Crippen LogP) is 5.77. The summed E-state index contributed by atoms with van der Waals surface area (Å²) in [4.78, 5) is 7.53. The largest absolute Gasteiger partial charge is 0.361 e. The molecule has 5 aromatic rings. The topological polar surface area (TPSA) is 94.3 Å². The first-order chi connectivity index (χ1) is 15.0. The summed E-state index contributed by atoms with van der Waals surface area (Å²) < 4.78 is 1.86. The lowest BCUT2D eigenvalue weighted by atomic mass is 10.2. The maximum Gasteiger partial charge on any atom is 0.144 e. The van der Waals surface area contributed by atoms with Crippen LogP contribution in [0, 0.1) is 18.3 Å². The second-order valence-electron chi connectivity index (χ2n) is 7.33. The summed E-state index contributed by atoms with van der Waals surface area (Å²) in [5, 5.41) is 23.2. The van der Waals surface area contributed by atoms with E-state index in [1.165, 1.54) is 0 Å². The summed E-state index contributed by atoms with van der Waals surface area (Å²) in [7, 11) is 1.93. The molecule has 0 aliphatic rings. The molecule has 5 rings (SSSR count). The average molecular weight is 428 g/mol. The molecule has 0 aliphatic carbocycles. The van der Waals surface area contributed by atoms with Crippen molar-refractivity contribution in [2.45, 2.75) is 6.92 Å². The molecule has 3 N–H and O–H groups in total. The number of benzene rings is 2. The molecule has 0 atom stereocenters. The van der Waals surface area contributed by atoms with Gasteiger partial charge in [-0.25, -0.2) is 4.98 Å². The van der Waals surface area contributed by atoms with Crippen LogP contribution in [0.1, 0.15) is 11.4 Å². The van der Waals surface area contributed by atoms with Crippen LogP contribution in [0.3, 0.4) is 0 Å². The van der Waals surface area contributed by atoms with Gasteiger partial charge in [0.1, 0.15) is 17.6 Å². The third kappa shape index (κ3) is 3.54. The lowest BCUT2D eigenvalue weighted by Gasteiger charge is -2.11. The van der Waals surface area contributed by atoms with E-state index in [1.54, 1.807) is 6.07 Å². The summed E-state index contributed by atoms with van der Waals surface area (Å²) in [5.41, 5.74) is 5.69. The Hall–Kier alpha value is -4.02. The number of nitriles is 1. The summed E-state index contributed by atoms with van der Waals surface area (Å²) in [5.74, 6) is 0.544. The van der Waals surface area contributed by atoms with Crippen LogP contribution < -0.4 is 10.6 Å². The molecule has 0 radical (unpaired) electrons. The van der Waals surface area contributed by atoms with Crippen LogP contribution in [0.15, 0.2) is 54.7 Å². The van der Waals surface area contributed by atoms with Gasteiger partial charge in [0.2, 0.25) is 0 Å². The van der Waals surface area contributed by atoms with Crippen molar-refractivity contribution in [3.05, 3.63) is 71.1 Å². The number of aromatic nitrogens is 4. The van der Waals surface area contributed by atoms with E-state index in [2.05, 4.69) is 37.8 Å². The molecule has 0 bridgehead atoms. The van der Waals surface area contributed by atoms with Crippen molar-refractivity contribution in [1.29, 1.82) is 5.26 Å². The van der Waals surface area contributed by atoms with Crippen molar-refractivity contribution >= 4 is 56.3 Å². The number of hydrogen-bond acceptors (Lipinski definition) is 5. The fraction of sp³-hybridized carbons (Fsp3) is 0.0870. The lowest BCUT2D eigenvalue weighted by molar-refractivity contribution is 0.783. The monoisotopic (exact) mass is 427 g/mol. The van der Waals surface area contributed by atoms with Gasteiger partial charge in [0.05, 0.1) is 16.2 Å². The molecule has 0 spiro atoms. The van der Waals surface area contributed by atoms with Crippen LogP contribution in [-0.2, 0) is 7.05 Å². The van der Waals surface area contributed by atoms with Crippen LogP contribution >= 0.6 is 11.6 Å². The van der Waals surface area contributed by atoms with Gasteiger partial charge in [-0.15, -0.1) is 0 Å². The van der Waals surface area contributed by atoms with E-state index >= 15 is 0 Å². The van der Waals surface area contributed by atoms with Crippen molar-refractivity contribution in [1.82, 2.24) is 19.7 Å². The number of aromatic amines is 1. The molecular formula is C23H18ClN7. The highest BCUT2D eigenvalue weighted by Gasteiger charge is 2.09. The smallest absolute Gasteiger partial charge is 0.144 e. The summed E-state index contributed by atoms with van der Waals surface area (Å²) in [6.07, 6.45) is 1.84. The molecule has 0 fully saturated rings. The normalized spacial score (nSPS) is 11.0. The molecule has 3 aromatic heterocycles. The summed E-state index contributed by atoms with van der Waals surface area (Å²) in [6.45, 7) is 1.99. The Morgan fingerprint density at radius 3 is 2.68 bits per heavy atom. The molecule has 0 aliphatic heterocycles. The Bertz CT molecular complexity index is 1490. The Labute approximate surface area is 183 Å². The average Bonchev–Trinajstić information content (AvgIpc) is 3.32. The van der Waals surface area contributed by atoms with Gasteiger partial charge in [-0.2, -0.15) is 10.4 Å². The second-order valence-corrected chi connectivity index (χ2v) is 7.73. The van der Waals surface area contributed by atoms with E-state index in [4.69, 9.17) is 11.6 Å². The SMILES string of the molecule is Cc1nn(C)c2ccc(Nc3cc(C#N)nc(Nc4cc(Cl)c5cc[nH]c5c4)c3)cc12. The minimum absolute atomic E-state index is 0.304. The van der Waals surface area contributed by atoms with Gasteiger partial charge >= 0.3 is 0 Å². The number of nitrogens with zero attached hydrogens (tertiary/aromatic N) is 4. The van der Waals surface area contributed by atoms with E-state index in [9.17, 15) is 5.26 Å². The number of fused-ring (bicyclic) bond motifs is 2. The fourth-order valence-corrected chi connectivity index (χ4v) is 4.03. The van der Waals surface area contributed by atoms with Gasteiger partial charge in [0.15, 0.2) is 0 Å². The molecule has 0 amide bonds. The molecule has 3 heterocycles. The molecule has 2 aromatic carbocycles. The summed E-state index contributed by atoms with van der Waals surface area (Å²) >= 11 is 6.38. The first-order valence-electron chi connectivity index (χ1n) is 9.66. The van der Waals surface area contributed by atoms with E-state index < -0.39 is 0 Å². The first kappa shape index (κ1) is 19.0. The van der Waals surface area contributed by atoms with Gasteiger partial charge in [-0.1, -0.05) is 11.6 Å². The number of aryl methyl sites for hydroxylation is 2. The van der Waals surface area contributed by atoms with Gasteiger partial charge in [-0.3, -0.25) is 4.68 Å². The zero-order chi connectivity index (χ0) is 21.5. The predicted molar refractivity (Wildman–Crippen MR) is 124 cm³/mol. The van der Waals surface area contributed by atoms with Gasteiger partial charge < -0.3 is 15.6 Å². The molecule has 0 saturated heterocycles. The molecule has 7 nitrogen and oxygen atoms in total. The van der Waals surface area contributed by atoms with Crippen molar-refractivity contribution in [2.75, 3.05) is 10.6 Å². The number of halogens is 1. The van der Waals surface area contributed by atoms with Gasteiger partial charge in [0, 0.05) is 52.7 Å². The molecule has 8 heteroatoms.